The van der Waals surface area contributed by atoms with Crippen molar-refractivity contribution in [1.29, 1.82) is 0 Å². The highest BCUT2D eigenvalue weighted by atomic mass is 79.9. The van der Waals surface area contributed by atoms with Crippen LogP contribution in [0.5, 0.6) is 0 Å². The predicted octanol–water partition coefficient (Wildman–Crippen LogP) is 4.11. The highest BCUT2D eigenvalue weighted by Gasteiger charge is 2.11. The van der Waals surface area contributed by atoms with Crippen molar-refractivity contribution in [3.8, 4) is 0 Å². The van der Waals surface area contributed by atoms with Crippen molar-refractivity contribution in [1.82, 2.24) is 0 Å². The second kappa shape index (κ2) is 3.30. The van der Waals surface area contributed by atoms with Crippen molar-refractivity contribution in [2.45, 2.75) is 26.7 Å². The second-order valence-corrected chi connectivity index (χ2v) is 4.59. The Morgan fingerprint density at radius 3 is 2.77 bits per heavy atom. The lowest BCUT2D eigenvalue weighted by molar-refractivity contribution is 0.960. The van der Waals surface area contributed by atoms with Crippen molar-refractivity contribution in [2.24, 2.45) is 0 Å². The number of fused-ring (bicyclic) bond motifs is 1. The van der Waals surface area contributed by atoms with Crippen LogP contribution in [0.1, 0.15) is 30.0 Å². The molecule has 0 bridgehead atoms. The molecule has 1 aromatic carbocycles. The number of rotatable bonds is 0. The molecule has 0 spiro atoms. The van der Waals surface area contributed by atoms with Crippen molar-refractivity contribution < 1.29 is 0 Å². The zero-order valence-electron chi connectivity index (χ0n) is 8.02. The summed E-state index contributed by atoms with van der Waals surface area (Å²) in [6.07, 6.45) is 4.72. The third kappa shape index (κ3) is 1.58. The van der Waals surface area contributed by atoms with E-state index in [9.17, 15) is 0 Å². The van der Waals surface area contributed by atoms with E-state index in [1.807, 2.05) is 0 Å². The minimum absolute atomic E-state index is 1.19. The van der Waals surface area contributed by atoms with E-state index in [4.69, 9.17) is 0 Å². The number of benzene rings is 1. The molecule has 0 aliphatic heterocycles. The molecule has 0 N–H and O–H groups in total. The van der Waals surface area contributed by atoms with Gasteiger partial charge in [0, 0.05) is 4.47 Å². The summed E-state index contributed by atoms with van der Waals surface area (Å²) < 4.78 is 1.19. The first kappa shape index (κ1) is 9.01. The molecular weight excluding hydrogens is 224 g/mol. The first-order valence-corrected chi connectivity index (χ1v) is 5.44. The molecule has 1 aromatic rings. The van der Waals surface area contributed by atoms with Gasteiger partial charge in [-0.3, -0.25) is 0 Å². The molecule has 0 atom stereocenters. The quantitative estimate of drug-likeness (QED) is 0.637. The Balaban J connectivity index is 2.66. The van der Waals surface area contributed by atoms with Gasteiger partial charge in [0.15, 0.2) is 0 Å². The summed E-state index contributed by atoms with van der Waals surface area (Å²) in [6, 6.07) is 4.44. The van der Waals surface area contributed by atoms with Gasteiger partial charge in [-0.1, -0.05) is 22.0 Å². The molecule has 1 heteroatoms. The van der Waals surface area contributed by atoms with Gasteiger partial charge in [0.1, 0.15) is 0 Å². The smallest absolute Gasteiger partial charge is 0.0184 e. The summed E-state index contributed by atoms with van der Waals surface area (Å²) in [6.45, 7) is 4.39. The Morgan fingerprint density at radius 1 is 1.23 bits per heavy atom. The number of hydrogen-bond acceptors (Lipinski definition) is 0. The third-order valence-corrected chi connectivity index (χ3v) is 3.17. The van der Waals surface area contributed by atoms with Crippen molar-refractivity contribution in [2.75, 3.05) is 0 Å². The van der Waals surface area contributed by atoms with E-state index in [2.05, 4.69) is 48.0 Å². The maximum atomic E-state index is 3.54. The Kier molecular flexibility index (Phi) is 2.29. The molecule has 0 aromatic heterocycles. The summed E-state index contributed by atoms with van der Waals surface area (Å²) in [5.74, 6) is 0. The fourth-order valence-electron chi connectivity index (χ4n) is 2.00. The van der Waals surface area contributed by atoms with Crippen LogP contribution in [0.3, 0.4) is 0 Å². The summed E-state index contributed by atoms with van der Waals surface area (Å²) in [5, 5.41) is 0. The minimum Gasteiger partial charge on any atom is -0.0807 e. The fourth-order valence-corrected chi connectivity index (χ4v) is 2.57. The zero-order chi connectivity index (χ0) is 9.42. The molecule has 1 aliphatic rings. The number of hydrogen-bond donors (Lipinski definition) is 0. The zero-order valence-corrected chi connectivity index (χ0v) is 9.61. The highest BCUT2D eigenvalue weighted by molar-refractivity contribution is 9.10. The summed E-state index contributed by atoms with van der Waals surface area (Å²) in [4.78, 5) is 0. The average Bonchev–Trinajstić information content (AvgIpc) is 2.07. The van der Waals surface area contributed by atoms with Gasteiger partial charge < -0.3 is 0 Å². The molecule has 0 nitrogen and oxygen atoms in total. The molecule has 0 fully saturated rings. The van der Waals surface area contributed by atoms with Crippen LogP contribution >= 0.6 is 15.9 Å². The van der Waals surface area contributed by atoms with E-state index in [0.717, 1.165) is 0 Å². The summed E-state index contributed by atoms with van der Waals surface area (Å²) in [7, 11) is 0. The first-order valence-electron chi connectivity index (χ1n) is 4.64. The topological polar surface area (TPSA) is 0 Å². The Morgan fingerprint density at radius 2 is 2.00 bits per heavy atom. The lowest BCUT2D eigenvalue weighted by Gasteiger charge is -2.17. The SMILES string of the molecule is CC1=CCCc2c(C)cc(Br)cc21. The van der Waals surface area contributed by atoms with Crippen LogP contribution in [0.2, 0.25) is 0 Å². The fraction of sp³-hybridized carbons (Fsp3) is 0.333. The number of allylic oxidation sites excluding steroid dienone is 2. The second-order valence-electron chi connectivity index (χ2n) is 3.67. The van der Waals surface area contributed by atoms with Gasteiger partial charge in [0.05, 0.1) is 0 Å². The van der Waals surface area contributed by atoms with E-state index in [0.29, 0.717) is 0 Å². The van der Waals surface area contributed by atoms with Crippen LogP contribution in [0.4, 0.5) is 0 Å². The van der Waals surface area contributed by atoms with E-state index < -0.39 is 0 Å². The molecule has 0 saturated heterocycles. The Hall–Kier alpha value is -0.560. The number of aryl methyl sites for hydroxylation is 1. The predicted molar refractivity (Wildman–Crippen MR) is 60.9 cm³/mol. The van der Waals surface area contributed by atoms with Gasteiger partial charge in [0.25, 0.3) is 0 Å². The van der Waals surface area contributed by atoms with Gasteiger partial charge in [-0.25, -0.2) is 0 Å². The van der Waals surface area contributed by atoms with Crippen LogP contribution in [-0.2, 0) is 6.42 Å². The van der Waals surface area contributed by atoms with Crippen molar-refractivity contribution in [3.63, 3.8) is 0 Å². The lowest BCUT2D eigenvalue weighted by atomic mass is 9.89. The normalized spacial score (nSPS) is 15.2. The molecule has 68 valence electrons. The minimum atomic E-state index is 1.19. The maximum Gasteiger partial charge on any atom is 0.0184 e. The molecule has 0 heterocycles. The lowest BCUT2D eigenvalue weighted by Crippen LogP contribution is -2.00. The molecule has 13 heavy (non-hydrogen) atoms. The highest BCUT2D eigenvalue weighted by Crippen LogP contribution is 2.31. The van der Waals surface area contributed by atoms with Gasteiger partial charge in [-0.15, -0.1) is 0 Å². The number of halogens is 1. The van der Waals surface area contributed by atoms with E-state index in [1.54, 1.807) is 0 Å². The van der Waals surface area contributed by atoms with Gasteiger partial charge in [0.2, 0.25) is 0 Å². The summed E-state index contributed by atoms with van der Waals surface area (Å²) in [5.41, 5.74) is 5.80. The standard InChI is InChI=1S/C12H13Br/c1-8-4-3-5-11-9(2)6-10(13)7-12(8)11/h4,6-7H,3,5H2,1-2H3. The van der Waals surface area contributed by atoms with Gasteiger partial charge in [-0.2, -0.15) is 0 Å². The first-order chi connectivity index (χ1) is 6.18. The van der Waals surface area contributed by atoms with Crippen molar-refractivity contribution >= 4 is 21.5 Å². The largest absolute Gasteiger partial charge is 0.0807 e. The van der Waals surface area contributed by atoms with Crippen LogP contribution in [0.25, 0.3) is 5.57 Å². The van der Waals surface area contributed by atoms with Gasteiger partial charge in [-0.05, 0) is 61.1 Å². The molecular formula is C12H13Br. The van der Waals surface area contributed by atoms with Gasteiger partial charge >= 0.3 is 0 Å². The van der Waals surface area contributed by atoms with Crippen molar-refractivity contribution in [3.05, 3.63) is 39.4 Å². The molecule has 0 radical (unpaired) electrons. The monoisotopic (exact) mass is 236 g/mol. The average molecular weight is 237 g/mol. The Labute approximate surface area is 87.8 Å². The molecule has 1 aliphatic carbocycles. The molecule has 2 rings (SSSR count). The van der Waals surface area contributed by atoms with Crippen LogP contribution in [-0.4, -0.2) is 0 Å². The van der Waals surface area contributed by atoms with E-state index in [-0.39, 0.29) is 0 Å². The van der Waals surface area contributed by atoms with Crippen LogP contribution in [0, 0.1) is 6.92 Å². The van der Waals surface area contributed by atoms with E-state index >= 15 is 0 Å². The van der Waals surface area contributed by atoms with Crippen LogP contribution < -0.4 is 0 Å². The molecule has 0 saturated carbocycles. The van der Waals surface area contributed by atoms with Crippen LogP contribution in [0.15, 0.2) is 22.7 Å². The maximum absolute atomic E-state index is 3.54. The Bertz CT molecular complexity index is 375. The third-order valence-electron chi connectivity index (χ3n) is 2.71. The van der Waals surface area contributed by atoms with E-state index in [1.165, 1.54) is 39.6 Å². The molecule has 0 unspecified atom stereocenters. The molecule has 0 amide bonds. The summed E-state index contributed by atoms with van der Waals surface area (Å²) >= 11 is 3.54.